The van der Waals surface area contributed by atoms with Gasteiger partial charge in [0.1, 0.15) is 0 Å². The molecule has 4 nitrogen and oxygen atoms in total. The number of aryl methyl sites for hydroxylation is 1. The first-order chi connectivity index (χ1) is 9.56. The molecule has 1 aliphatic rings. The fraction of sp³-hybridized carbons (Fsp3) is 0.625. The third-order valence-electron chi connectivity index (χ3n) is 3.66. The molecule has 0 spiro atoms. The SMILES string of the molecule is CC1=CCN(c2ncc(CNCC(C)C)c(C)n2)CC1. The molecular weight excluding hydrogens is 248 g/mol. The lowest BCUT2D eigenvalue weighted by Crippen LogP contribution is -2.30. The van der Waals surface area contributed by atoms with Gasteiger partial charge in [-0.25, -0.2) is 9.97 Å². The molecule has 0 atom stereocenters. The van der Waals surface area contributed by atoms with Gasteiger partial charge in [0.15, 0.2) is 0 Å². The predicted octanol–water partition coefficient (Wildman–Crippen LogP) is 2.69. The molecule has 0 saturated carbocycles. The highest BCUT2D eigenvalue weighted by molar-refractivity contribution is 5.36. The van der Waals surface area contributed by atoms with Gasteiger partial charge in [-0.3, -0.25) is 0 Å². The molecular formula is C16H26N4. The molecule has 110 valence electrons. The Kier molecular flexibility index (Phi) is 5.12. The Labute approximate surface area is 122 Å². The number of anilines is 1. The van der Waals surface area contributed by atoms with Crippen LogP contribution in [-0.4, -0.2) is 29.6 Å². The van der Waals surface area contributed by atoms with E-state index in [0.717, 1.165) is 44.2 Å². The average molecular weight is 274 g/mol. The van der Waals surface area contributed by atoms with E-state index >= 15 is 0 Å². The van der Waals surface area contributed by atoms with Crippen LogP contribution in [0.15, 0.2) is 17.8 Å². The highest BCUT2D eigenvalue weighted by atomic mass is 15.2. The maximum absolute atomic E-state index is 4.67. The van der Waals surface area contributed by atoms with Gasteiger partial charge in [-0.05, 0) is 32.7 Å². The minimum atomic E-state index is 0.666. The third-order valence-corrected chi connectivity index (χ3v) is 3.66. The van der Waals surface area contributed by atoms with Crippen LogP contribution in [-0.2, 0) is 6.54 Å². The fourth-order valence-corrected chi connectivity index (χ4v) is 2.25. The maximum Gasteiger partial charge on any atom is 0.225 e. The molecule has 1 aromatic heterocycles. The van der Waals surface area contributed by atoms with Gasteiger partial charge in [0, 0.05) is 37.1 Å². The molecule has 0 radical (unpaired) electrons. The van der Waals surface area contributed by atoms with Crippen molar-refractivity contribution in [1.29, 1.82) is 0 Å². The second-order valence-corrected chi connectivity index (χ2v) is 6.05. The first kappa shape index (κ1) is 15.0. The van der Waals surface area contributed by atoms with Crippen molar-refractivity contribution in [3.63, 3.8) is 0 Å². The zero-order valence-electron chi connectivity index (χ0n) is 13.1. The summed E-state index contributed by atoms with van der Waals surface area (Å²) in [5, 5.41) is 3.44. The zero-order valence-corrected chi connectivity index (χ0v) is 13.1. The summed E-state index contributed by atoms with van der Waals surface area (Å²) >= 11 is 0. The van der Waals surface area contributed by atoms with E-state index in [-0.39, 0.29) is 0 Å². The summed E-state index contributed by atoms with van der Waals surface area (Å²) in [6.07, 6.45) is 5.34. The first-order valence-corrected chi connectivity index (χ1v) is 7.50. The summed E-state index contributed by atoms with van der Waals surface area (Å²) in [5.74, 6) is 1.53. The Balaban J connectivity index is 1.98. The van der Waals surface area contributed by atoms with Crippen LogP contribution in [0.5, 0.6) is 0 Å². The molecule has 0 aliphatic carbocycles. The molecule has 1 aliphatic heterocycles. The van der Waals surface area contributed by atoms with Gasteiger partial charge in [-0.1, -0.05) is 25.5 Å². The molecule has 0 fully saturated rings. The van der Waals surface area contributed by atoms with Crippen molar-refractivity contribution in [3.05, 3.63) is 29.1 Å². The molecule has 0 aromatic carbocycles. The van der Waals surface area contributed by atoms with E-state index in [1.165, 1.54) is 11.1 Å². The van der Waals surface area contributed by atoms with Gasteiger partial charge >= 0.3 is 0 Å². The van der Waals surface area contributed by atoms with Crippen molar-refractivity contribution in [3.8, 4) is 0 Å². The highest BCUT2D eigenvalue weighted by Gasteiger charge is 2.13. The lowest BCUT2D eigenvalue weighted by atomic mass is 10.1. The topological polar surface area (TPSA) is 41.1 Å². The van der Waals surface area contributed by atoms with Crippen molar-refractivity contribution in [2.75, 3.05) is 24.5 Å². The summed E-state index contributed by atoms with van der Waals surface area (Å²) in [6.45, 7) is 12.5. The van der Waals surface area contributed by atoms with Gasteiger partial charge in [-0.15, -0.1) is 0 Å². The fourth-order valence-electron chi connectivity index (χ4n) is 2.25. The number of rotatable bonds is 5. The van der Waals surface area contributed by atoms with Crippen LogP contribution in [0, 0.1) is 12.8 Å². The number of aromatic nitrogens is 2. The van der Waals surface area contributed by atoms with Crippen LogP contribution in [0.2, 0.25) is 0 Å². The van der Waals surface area contributed by atoms with Crippen molar-refractivity contribution < 1.29 is 0 Å². The summed E-state index contributed by atoms with van der Waals surface area (Å²) < 4.78 is 0. The molecule has 2 heterocycles. The monoisotopic (exact) mass is 274 g/mol. The number of hydrogen-bond donors (Lipinski definition) is 1. The highest BCUT2D eigenvalue weighted by Crippen LogP contribution is 2.16. The number of nitrogens with one attached hydrogen (secondary N) is 1. The summed E-state index contributed by atoms with van der Waals surface area (Å²) in [5.41, 5.74) is 3.74. The standard InChI is InChI=1S/C16H26N4/c1-12(2)9-17-10-15-11-18-16(19-14(15)4)20-7-5-13(3)6-8-20/h5,11-12,17H,6-10H2,1-4H3. The molecule has 0 amide bonds. The third kappa shape index (κ3) is 4.04. The molecule has 4 heteroatoms. The lowest BCUT2D eigenvalue weighted by Gasteiger charge is -2.25. The number of nitrogens with zero attached hydrogens (tertiary/aromatic N) is 3. The zero-order chi connectivity index (χ0) is 14.5. The molecule has 1 aromatic rings. The predicted molar refractivity (Wildman–Crippen MR) is 83.9 cm³/mol. The van der Waals surface area contributed by atoms with E-state index in [9.17, 15) is 0 Å². The maximum atomic E-state index is 4.67. The Morgan fingerprint density at radius 2 is 2.15 bits per heavy atom. The van der Waals surface area contributed by atoms with E-state index in [0.29, 0.717) is 5.92 Å². The van der Waals surface area contributed by atoms with Crippen molar-refractivity contribution >= 4 is 5.95 Å². The second-order valence-electron chi connectivity index (χ2n) is 6.05. The second kappa shape index (κ2) is 6.84. The smallest absolute Gasteiger partial charge is 0.225 e. The van der Waals surface area contributed by atoms with Gasteiger partial charge < -0.3 is 10.2 Å². The number of hydrogen-bond acceptors (Lipinski definition) is 4. The molecule has 0 saturated heterocycles. The minimum Gasteiger partial charge on any atom is -0.337 e. The summed E-state index contributed by atoms with van der Waals surface area (Å²) in [6, 6.07) is 0. The van der Waals surface area contributed by atoms with Crippen LogP contribution in [0.3, 0.4) is 0 Å². The van der Waals surface area contributed by atoms with Crippen molar-refractivity contribution in [2.24, 2.45) is 5.92 Å². The van der Waals surface area contributed by atoms with Crippen LogP contribution in [0.25, 0.3) is 0 Å². The first-order valence-electron chi connectivity index (χ1n) is 7.50. The molecule has 0 unspecified atom stereocenters. The average Bonchev–Trinajstić information content (AvgIpc) is 2.41. The Morgan fingerprint density at radius 3 is 2.75 bits per heavy atom. The van der Waals surface area contributed by atoms with E-state index in [2.05, 4.69) is 54.0 Å². The lowest BCUT2D eigenvalue weighted by molar-refractivity contribution is 0.550. The van der Waals surface area contributed by atoms with Crippen LogP contribution >= 0.6 is 0 Å². The van der Waals surface area contributed by atoms with E-state index in [4.69, 9.17) is 0 Å². The van der Waals surface area contributed by atoms with Gasteiger partial charge in [0.2, 0.25) is 5.95 Å². The van der Waals surface area contributed by atoms with Crippen LogP contribution < -0.4 is 10.2 Å². The Morgan fingerprint density at radius 1 is 1.35 bits per heavy atom. The molecule has 1 N–H and O–H groups in total. The Hall–Kier alpha value is -1.42. The Bertz CT molecular complexity index is 479. The van der Waals surface area contributed by atoms with E-state index < -0.39 is 0 Å². The largest absolute Gasteiger partial charge is 0.337 e. The molecule has 20 heavy (non-hydrogen) atoms. The van der Waals surface area contributed by atoms with E-state index in [1.54, 1.807) is 0 Å². The van der Waals surface area contributed by atoms with Crippen molar-refractivity contribution in [1.82, 2.24) is 15.3 Å². The van der Waals surface area contributed by atoms with Gasteiger partial charge in [-0.2, -0.15) is 0 Å². The van der Waals surface area contributed by atoms with Crippen molar-refractivity contribution in [2.45, 2.75) is 40.7 Å². The van der Waals surface area contributed by atoms with Gasteiger partial charge in [0.25, 0.3) is 0 Å². The molecule has 2 rings (SSSR count). The van der Waals surface area contributed by atoms with Gasteiger partial charge in [0.05, 0.1) is 0 Å². The summed E-state index contributed by atoms with van der Waals surface area (Å²) in [4.78, 5) is 11.4. The van der Waals surface area contributed by atoms with Crippen LogP contribution in [0.4, 0.5) is 5.95 Å². The molecule has 0 bridgehead atoms. The summed E-state index contributed by atoms with van der Waals surface area (Å²) in [7, 11) is 0. The quantitative estimate of drug-likeness (QED) is 0.838. The normalized spacial score (nSPS) is 15.7. The minimum absolute atomic E-state index is 0.666. The van der Waals surface area contributed by atoms with Crippen LogP contribution in [0.1, 0.15) is 38.4 Å². The van der Waals surface area contributed by atoms with E-state index in [1.807, 2.05) is 6.20 Å².